The van der Waals surface area contributed by atoms with E-state index >= 15 is 0 Å². The number of urea groups is 1. The summed E-state index contributed by atoms with van der Waals surface area (Å²) in [4.78, 5) is 18.9. The van der Waals surface area contributed by atoms with Gasteiger partial charge in [0.1, 0.15) is 0 Å². The minimum atomic E-state index is -0.0243. The monoisotopic (exact) mass is 352 g/mol. The molecule has 138 valence electrons. The number of anilines is 3. The Morgan fingerprint density at radius 3 is 2.04 bits per heavy atom. The molecule has 0 bridgehead atoms. The van der Waals surface area contributed by atoms with Gasteiger partial charge in [-0.05, 0) is 49.2 Å². The van der Waals surface area contributed by atoms with E-state index in [9.17, 15) is 4.79 Å². The highest BCUT2D eigenvalue weighted by Crippen LogP contribution is 2.25. The molecule has 0 unspecified atom stereocenters. The summed E-state index contributed by atoms with van der Waals surface area (Å²) in [6.07, 6.45) is 0. The first-order chi connectivity index (χ1) is 12.5. The summed E-state index contributed by atoms with van der Waals surface area (Å²) in [7, 11) is 4.01. The zero-order valence-corrected chi connectivity index (χ0v) is 16.1. The molecule has 0 aliphatic carbocycles. The first kappa shape index (κ1) is 18.1. The molecule has 3 rings (SSSR count). The highest BCUT2D eigenvalue weighted by molar-refractivity contribution is 5.89. The number of carbonyl (C=O) groups is 1. The van der Waals surface area contributed by atoms with Crippen LogP contribution in [0.25, 0.3) is 0 Å². The minimum absolute atomic E-state index is 0.0243. The fourth-order valence-electron chi connectivity index (χ4n) is 3.48. The van der Waals surface area contributed by atoms with E-state index in [1.165, 1.54) is 16.8 Å². The lowest BCUT2D eigenvalue weighted by Gasteiger charge is -2.37. The zero-order chi connectivity index (χ0) is 18.7. The van der Waals surface area contributed by atoms with Gasteiger partial charge in [0.15, 0.2) is 0 Å². The second-order valence-electron chi connectivity index (χ2n) is 7.09. The summed E-state index contributed by atoms with van der Waals surface area (Å²) < 4.78 is 0. The third-order valence-corrected chi connectivity index (χ3v) is 4.96. The van der Waals surface area contributed by atoms with E-state index in [0.29, 0.717) is 0 Å². The molecular weight excluding hydrogens is 324 g/mol. The predicted octanol–water partition coefficient (Wildman–Crippen LogP) is 3.72. The number of nitrogens with one attached hydrogen (secondary N) is 1. The van der Waals surface area contributed by atoms with E-state index in [1.54, 1.807) is 0 Å². The number of hydrogen-bond donors (Lipinski definition) is 1. The number of rotatable bonds is 3. The second kappa shape index (κ2) is 7.68. The normalized spacial score (nSPS) is 14.3. The average Bonchev–Trinajstić information content (AvgIpc) is 2.62. The molecule has 0 aromatic heterocycles. The predicted molar refractivity (Wildman–Crippen MR) is 109 cm³/mol. The van der Waals surface area contributed by atoms with Crippen molar-refractivity contribution in [2.24, 2.45) is 0 Å². The molecule has 5 nitrogen and oxygen atoms in total. The number of amides is 2. The number of benzene rings is 2. The van der Waals surface area contributed by atoms with Crippen LogP contribution in [-0.4, -0.2) is 51.2 Å². The van der Waals surface area contributed by atoms with E-state index in [4.69, 9.17) is 0 Å². The maximum atomic E-state index is 12.5. The number of carbonyl (C=O) groups excluding carboxylic acids is 1. The Labute approximate surface area is 156 Å². The third kappa shape index (κ3) is 3.93. The van der Waals surface area contributed by atoms with Crippen LogP contribution in [0.4, 0.5) is 21.9 Å². The smallest absolute Gasteiger partial charge is 0.321 e. The van der Waals surface area contributed by atoms with Crippen LogP contribution in [0.1, 0.15) is 11.1 Å². The Balaban J connectivity index is 1.58. The van der Waals surface area contributed by atoms with Gasteiger partial charge in [0.25, 0.3) is 0 Å². The summed E-state index contributed by atoms with van der Waals surface area (Å²) in [6.45, 7) is 7.49. The lowest BCUT2D eigenvalue weighted by molar-refractivity contribution is 0.208. The molecule has 2 amide bonds. The number of aryl methyl sites for hydroxylation is 2. The summed E-state index contributed by atoms with van der Waals surface area (Å²) >= 11 is 0. The molecule has 26 heavy (non-hydrogen) atoms. The van der Waals surface area contributed by atoms with Crippen molar-refractivity contribution in [3.05, 3.63) is 53.6 Å². The summed E-state index contributed by atoms with van der Waals surface area (Å²) in [5.41, 5.74) is 5.85. The Morgan fingerprint density at radius 1 is 0.923 bits per heavy atom. The SMILES string of the molecule is Cc1cccc(C)c1N1CCN(C(=O)Nc2ccc(N(C)C)cc2)CC1. The number of piperazine rings is 1. The average molecular weight is 352 g/mol. The highest BCUT2D eigenvalue weighted by atomic mass is 16.2. The molecule has 5 heteroatoms. The summed E-state index contributed by atoms with van der Waals surface area (Å²) in [6, 6.07) is 14.3. The van der Waals surface area contributed by atoms with Gasteiger partial charge >= 0.3 is 6.03 Å². The van der Waals surface area contributed by atoms with Crippen LogP contribution in [0.3, 0.4) is 0 Å². The maximum Gasteiger partial charge on any atom is 0.321 e. The van der Waals surface area contributed by atoms with E-state index < -0.39 is 0 Å². The summed E-state index contributed by atoms with van der Waals surface area (Å²) in [5, 5.41) is 3.01. The van der Waals surface area contributed by atoms with E-state index in [2.05, 4.69) is 42.3 Å². The van der Waals surface area contributed by atoms with Crippen LogP contribution >= 0.6 is 0 Å². The number of para-hydroxylation sites is 1. The molecule has 1 aliphatic heterocycles. The number of nitrogens with zero attached hydrogens (tertiary/aromatic N) is 3. The third-order valence-electron chi connectivity index (χ3n) is 4.96. The van der Waals surface area contributed by atoms with Crippen molar-refractivity contribution in [3.8, 4) is 0 Å². The highest BCUT2D eigenvalue weighted by Gasteiger charge is 2.23. The fourth-order valence-corrected chi connectivity index (χ4v) is 3.48. The molecule has 1 N–H and O–H groups in total. The Hall–Kier alpha value is -2.69. The van der Waals surface area contributed by atoms with Gasteiger partial charge in [-0.1, -0.05) is 18.2 Å². The topological polar surface area (TPSA) is 38.8 Å². The first-order valence-electron chi connectivity index (χ1n) is 9.10. The van der Waals surface area contributed by atoms with Gasteiger partial charge in [-0.25, -0.2) is 4.79 Å². The molecular formula is C21H28N4O. The standard InChI is InChI=1S/C21H28N4O/c1-16-6-5-7-17(2)20(16)24-12-14-25(15-13-24)21(26)22-18-8-10-19(11-9-18)23(3)4/h5-11H,12-15H2,1-4H3,(H,22,26). The molecule has 2 aromatic carbocycles. The summed E-state index contributed by atoms with van der Waals surface area (Å²) in [5.74, 6) is 0. The first-order valence-corrected chi connectivity index (χ1v) is 9.10. The molecule has 1 aliphatic rings. The van der Waals surface area contributed by atoms with Gasteiger partial charge in [0, 0.05) is 57.3 Å². The van der Waals surface area contributed by atoms with Crippen LogP contribution in [0.15, 0.2) is 42.5 Å². The van der Waals surface area contributed by atoms with Crippen LogP contribution in [0, 0.1) is 13.8 Å². The van der Waals surface area contributed by atoms with Gasteiger partial charge in [-0.15, -0.1) is 0 Å². The van der Waals surface area contributed by atoms with E-state index in [0.717, 1.165) is 37.6 Å². The number of hydrogen-bond acceptors (Lipinski definition) is 3. The van der Waals surface area contributed by atoms with Crippen molar-refractivity contribution >= 4 is 23.1 Å². The van der Waals surface area contributed by atoms with E-state index in [-0.39, 0.29) is 6.03 Å². The lowest BCUT2D eigenvalue weighted by atomic mass is 10.1. The van der Waals surface area contributed by atoms with Gasteiger partial charge < -0.3 is 20.0 Å². The second-order valence-corrected chi connectivity index (χ2v) is 7.09. The van der Waals surface area contributed by atoms with Crippen LogP contribution in [0.5, 0.6) is 0 Å². The van der Waals surface area contributed by atoms with Gasteiger partial charge in [-0.2, -0.15) is 0 Å². The van der Waals surface area contributed by atoms with E-state index in [1.807, 2.05) is 48.2 Å². The van der Waals surface area contributed by atoms with Crippen molar-refractivity contribution in [2.45, 2.75) is 13.8 Å². The van der Waals surface area contributed by atoms with Crippen molar-refractivity contribution in [2.75, 3.05) is 55.4 Å². The maximum absolute atomic E-state index is 12.5. The molecule has 1 fully saturated rings. The minimum Gasteiger partial charge on any atom is -0.378 e. The van der Waals surface area contributed by atoms with Gasteiger partial charge in [0.2, 0.25) is 0 Å². The van der Waals surface area contributed by atoms with Crippen molar-refractivity contribution in [3.63, 3.8) is 0 Å². The molecule has 0 spiro atoms. The zero-order valence-electron chi connectivity index (χ0n) is 16.1. The quantitative estimate of drug-likeness (QED) is 0.915. The fraction of sp³-hybridized carbons (Fsp3) is 0.381. The van der Waals surface area contributed by atoms with Crippen LogP contribution in [0.2, 0.25) is 0 Å². The Bertz CT molecular complexity index is 742. The Morgan fingerprint density at radius 2 is 1.50 bits per heavy atom. The lowest BCUT2D eigenvalue weighted by Crippen LogP contribution is -2.50. The van der Waals surface area contributed by atoms with Crippen molar-refractivity contribution in [1.29, 1.82) is 0 Å². The molecule has 2 aromatic rings. The molecule has 1 saturated heterocycles. The molecule has 0 radical (unpaired) electrons. The van der Waals surface area contributed by atoms with Gasteiger partial charge in [-0.3, -0.25) is 0 Å². The Kier molecular flexibility index (Phi) is 5.35. The van der Waals surface area contributed by atoms with Crippen molar-refractivity contribution in [1.82, 2.24) is 4.90 Å². The molecule has 0 atom stereocenters. The van der Waals surface area contributed by atoms with Crippen LogP contribution < -0.4 is 15.1 Å². The van der Waals surface area contributed by atoms with Gasteiger partial charge in [0.05, 0.1) is 0 Å². The van der Waals surface area contributed by atoms with Crippen LogP contribution in [-0.2, 0) is 0 Å². The largest absolute Gasteiger partial charge is 0.378 e. The van der Waals surface area contributed by atoms with Crippen molar-refractivity contribution < 1.29 is 4.79 Å². The molecule has 1 heterocycles. The molecule has 0 saturated carbocycles.